The minimum absolute atomic E-state index is 0. The maximum Gasteiger partial charge on any atom is 3.00 e. The summed E-state index contributed by atoms with van der Waals surface area (Å²) < 4.78 is 0. The molecular weight excluding hydrogens is 510 g/mol. The summed E-state index contributed by atoms with van der Waals surface area (Å²) in [5.74, 6) is 0. The molecule has 0 fully saturated rings. The van der Waals surface area contributed by atoms with Crippen LogP contribution in [0.2, 0.25) is 0 Å². The fourth-order valence-corrected chi connectivity index (χ4v) is 0. The molecule has 4 N–H and O–H groups in total. The van der Waals surface area contributed by atoms with Crippen molar-refractivity contribution in [2.75, 3.05) is 0 Å². The minimum Gasteiger partial charge on any atom is -0.412 e. The van der Waals surface area contributed by atoms with Gasteiger partial charge in [0, 0.05) is 0 Å². The van der Waals surface area contributed by atoms with Crippen molar-refractivity contribution in [1.29, 1.82) is 0 Å². The summed E-state index contributed by atoms with van der Waals surface area (Å²) in [6.07, 6.45) is 0. The van der Waals surface area contributed by atoms with Crippen molar-refractivity contribution in [1.82, 2.24) is 0 Å². The molecule has 0 aromatic heterocycles. The summed E-state index contributed by atoms with van der Waals surface area (Å²) in [7, 11) is 0. The zero-order chi connectivity index (χ0) is 14.3. The molecule has 0 saturated heterocycles. The van der Waals surface area contributed by atoms with Gasteiger partial charge < -0.3 is 72.2 Å². The predicted octanol–water partition coefficient (Wildman–Crippen LogP) is -3.37. The van der Waals surface area contributed by atoms with Crippen LogP contribution < -0.4 is 0 Å². The van der Waals surface area contributed by atoms with E-state index in [4.69, 9.17) is 61.3 Å². The average molecular weight is 514 g/mol. The van der Waals surface area contributed by atoms with E-state index in [0.29, 0.717) is 0 Å². The van der Waals surface area contributed by atoms with Gasteiger partial charge in [0.05, 0.1) is 20.3 Å². The molecule has 18 nitrogen and oxygen atoms in total. The normalized spacial score (nSPS) is 4.80. The second-order valence-corrected chi connectivity index (χ2v) is 0.894. The van der Waals surface area contributed by atoms with Crippen molar-refractivity contribution < 1.29 is 31.3 Å². The molecule has 0 aliphatic rings. The Balaban J connectivity index is -0.0000000150. The average Bonchev–Trinajstić information content (AvgIpc) is 1.76. The first-order valence-corrected chi connectivity index (χ1v) is 2.19. The van der Waals surface area contributed by atoms with E-state index >= 15 is 0 Å². The molecule has 0 amide bonds. The first-order chi connectivity index (χ1) is 6.93. The van der Waals surface area contributed by atoms with Gasteiger partial charge in [-0.3, -0.25) is 0 Å². The van der Waals surface area contributed by atoms with Crippen molar-refractivity contribution in [3.63, 3.8) is 0 Å². The van der Waals surface area contributed by atoms with E-state index in [1.165, 1.54) is 0 Å². The fourth-order valence-electron chi connectivity index (χ4n) is 0. The summed E-state index contributed by atoms with van der Waals surface area (Å²) in [5.41, 5.74) is 0. The molecular formula is H4In2N4O14. The largest absolute Gasteiger partial charge is 3.00 e. The SMILES string of the molecule is O.O.O=[N+]([O-])[O-].O=[N+]([O-])[O-].O=[N+]([O-])[O-].O=[N+]([O-])[O-].[In+3].[In+]. The van der Waals surface area contributed by atoms with Crippen LogP contribution in [-0.2, 0) is 0 Å². The maximum atomic E-state index is 8.25. The number of hydrogen-bond donors (Lipinski definition) is 0. The number of hydrogen-bond acceptors (Lipinski definition) is 12. The number of rotatable bonds is 0. The first-order valence-electron chi connectivity index (χ1n) is 2.19. The van der Waals surface area contributed by atoms with Gasteiger partial charge in [0.15, 0.2) is 0 Å². The molecule has 20 heavy (non-hydrogen) atoms. The number of nitrogens with zero attached hydrogens (tertiary/aromatic N) is 4. The van der Waals surface area contributed by atoms with Crippen molar-refractivity contribution >= 4 is 51.7 Å². The van der Waals surface area contributed by atoms with E-state index in [1.807, 2.05) is 0 Å². The van der Waals surface area contributed by atoms with Gasteiger partial charge in [0.1, 0.15) is 0 Å². The van der Waals surface area contributed by atoms with E-state index in [9.17, 15) is 0 Å². The van der Waals surface area contributed by atoms with Crippen LogP contribution in [0.15, 0.2) is 0 Å². The first kappa shape index (κ1) is 51.4. The maximum absolute atomic E-state index is 8.25. The van der Waals surface area contributed by atoms with E-state index in [1.54, 1.807) is 0 Å². The van der Waals surface area contributed by atoms with Crippen molar-refractivity contribution in [2.45, 2.75) is 0 Å². The van der Waals surface area contributed by atoms with E-state index in [2.05, 4.69) is 0 Å². The van der Waals surface area contributed by atoms with Crippen LogP contribution in [0, 0.1) is 61.3 Å². The Labute approximate surface area is 144 Å². The molecule has 0 rings (SSSR count). The Morgan fingerprint density at radius 2 is 0.450 bits per heavy atom. The van der Waals surface area contributed by atoms with Crippen molar-refractivity contribution in [2.24, 2.45) is 0 Å². The van der Waals surface area contributed by atoms with Gasteiger partial charge in [-0.05, 0) is 0 Å². The topological polar surface area (TPSA) is 328 Å². The molecule has 0 aromatic carbocycles. The predicted molar refractivity (Wildman–Crippen MR) is 60.2 cm³/mol. The van der Waals surface area contributed by atoms with Gasteiger partial charge in [-0.15, -0.1) is 0 Å². The van der Waals surface area contributed by atoms with Crippen molar-refractivity contribution in [3.8, 4) is 0 Å². The summed E-state index contributed by atoms with van der Waals surface area (Å²) in [6.45, 7) is 0. The second kappa shape index (κ2) is 43.2. The molecule has 0 unspecified atom stereocenters. The Morgan fingerprint density at radius 1 is 0.450 bits per heavy atom. The third-order valence-corrected chi connectivity index (χ3v) is 0. The Hall–Kier alpha value is -1.54. The van der Waals surface area contributed by atoms with E-state index in [0.717, 1.165) is 0 Å². The monoisotopic (exact) mass is 514 g/mol. The molecule has 0 aromatic rings. The Morgan fingerprint density at radius 3 is 0.450 bits per heavy atom. The van der Waals surface area contributed by atoms with Crippen LogP contribution in [-0.4, -0.2) is 83.0 Å². The minimum atomic E-state index is -1.75. The molecule has 2 radical (unpaired) electrons. The van der Waals surface area contributed by atoms with Gasteiger partial charge >= 0.3 is 51.7 Å². The fraction of sp³-hybridized carbons (Fsp3) is 0. The molecule has 0 aliphatic heterocycles. The smallest absolute Gasteiger partial charge is 0.412 e. The summed E-state index contributed by atoms with van der Waals surface area (Å²) in [4.78, 5) is 33.0. The van der Waals surface area contributed by atoms with Crippen LogP contribution in [0.3, 0.4) is 0 Å². The zero-order valence-corrected chi connectivity index (χ0v) is 15.4. The second-order valence-electron chi connectivity index (χ2n) is 0.894. The van der Waals surface area contributed by atoms with Crippen LogP contribution >= 0.6 is 0 Å². The van der Waals surface area contributed by atoms with Gasteiger partial charge in [0.2, 0.25) is 0 Å². The molecule has 0 aliphatic carbocycles. The summed E-state index contributed by atoms with van der Waals surface area (Å²) >= 11 is 0. The molecule has 0 atom stereocenters. The van der Waals surface area contributed by atoms with Gasteiger partial charge in [-0.1, -0.05) is 0 Å². The van der Waals surface area contributed by atoms with Gasteiger partial charge in [-0.25, -0.2) is 0 Å². The molecule has 20 heteroatoms. The van der Waals surface area contributed by atoms with Crippen LogP contribution in [0.4, 0.5) is 0 Å². The molecule has 0 bridgehead atoms. The van der Waals surface area contributed by atoms with Gasteiger partial charge in [-0.2, -0.15) is 0 Å². The molecule has 0 spiro atoms. The van der Waals surface area contributed by atoms with E-state index in [-0.39, 0.29) is 62.6 Å². The van der Waals surface area contributed by atoms with Crippen LogP contribution in [0.1, 0.15) is 0 Å². The Bertz CT molecular complexity index is 163. The van der Waals surface area contributed by atoms with Crippen LogP contribution in [0.5, 0.6) is 0 Å². The summed E-state index contributed by atoms with van der Waals surface area (Å²) in [6, 6.07) is 0. The molecule has 114 valence electrons. The third-order valence-electron chi connectivity index (χ3n) is 0. The quantitative estimate of drug-likeness (QED) is 0.226. The van der Waals surface area contributed by atoms with Gasteiger partial charge in [0.25, 0.3) is 0 Å². The van der Waals surface area contributed by atoms with Crippen LogP contribution in [0.25, 0.3) is 0 Å². The molecule has 0 saturated carbocycles. The summed E-state index contributed by atoms with van der Waals surface area (Å²) in [5, 5.41) is 59.0. The van der Waals surface area contributed by atoms with Crippen molar-refractivity contribution in [3.05, 3.63) is 61.3 Å². The zero-order valence-electron chi connectivity index (χ0n) is 8.84. The third kappa shape index (κ3) is 1660. The van der Waals surface area contributed by atoms with E-state index < -0.39 is 20.3 Å². The molecule has 0 heterocycles. The standard InChI is InChI=1S/2In.4NO3.2H2O/c;;4*2-1(3)4;;/h;;;;;;2*1H2/q+1;+3;4*-1;;. The Kier molecular flexibility index (Phi) is 111.